The quantitative estimate of drug-likeness (QED) is 0.756. The van der Waals surface area contributed by atoms with Gasteiger partial charge in [-0.3, -0.25) is 0 Å². The molecule has 1 aliphatic rings. The molecule has 3 nitrogen and oxygen atoms in total. The molecule has 1 atom stereocenters. The molecule has 1 aliphatic heterocycles. The number of carbonyl (C=O) groups is 1. The van der Waals surface area contributed by atoms with Crippen LogP contribution in [0, 0.1) is 5.82 Å². The van der Waals surface area contributed by atoms with Crippen LogP contribution in [0.15, 0.2) is 60.7 Å². The molecule has 1 unspecified atom stereocenters. The highest BCUT2D eigenvalue weighted by Gasteiger charge is 2.28. The summed E-state index contributed by atoms with van der Waals surface area (Å²) in [5.74, 6) is -1.81. The number of nitrogens with zero attached hydrogens (tertiary/aromatic N) is 1. The minimum absolute atomic E-state index is 0.00534. The second-order valence-corrected chi connectivity index (χ2v) is 6.48. The van der Waals surface area contributed by atoms with Gasteiger partial charge in [-0.15, -0.1) is 0 Å². The fraction of sp³-hybridized carbons (Fsp3) is 0.190. The summed E-state index contributed by atoms with van der Waals surface area (Å²) < 4.78 is 14.5. The van der Waals surface area contributed by atoms with Gasteiger partial charge in [0.05, 0.1) is 5.56 Å². The van der Waals surface area contributed by atoms with E-state index in [1.807, 2.05) is 12.1 Å². The van der Waals surface area contributed by atoms with E-state index in [1.54, 1.807) is 12.1 Å². The largest absolute Gasteiger partial charge is 0.478 e. The predicted molar refractivity (Wildman–Crippen MR) is 96.9 cm³/mol. The van der Waals surface area contributed by atoms with Crippen molar-refractivity contribution in [3.63, 3.8) is 0 Å². The van der Waals surface area contributed by atoms with Crippen LogP contribution < -0.4 is 4.90 Å². The van der Waals surface area contributed by atoms with Crippen LogP contribution in [-0.2, 0) is 0 Å². The minimum Gasteiger partial charge on any atom is -0.478 e. The molecule has 0 bridgehead atoms. The van der Waals surface area contributed by atoms with Gasteiger partial charge in [0.2, 0.25) is 0 Å². The van der Waals surface area contributed by atoms with Gasteiger partial charge in [0.1, 0.15) is 5.82 Å². The average Bonchev–Trinajstić information content (AvgIpc) is 3.11. The van der Waals surface area contributed by atoms with E-state index < -0.39 is 11.8 Å². The molecule has 126 valence electrons. The van der Waals surface area contributed by atoms with Gasteiger partial charge >= 0.3 is 5.97 Å². The van der Waals surface area contributed by atoms with Crippen molar-refractivity contribution >= 4 is 22.4 Å². The molecular weight excluding hydrogens is 317 g/mol. The van der Waals surface area contributed by atoms with E-state index in [0.717, 1.165) is 18.7 Å². The molecule has 4 rings (SSSR count). The molecule has 3 aromatic rings. The maximum Gasteiger partial charge on any atom is 0.338 e. The maximum atomic E-state index is 14.5. The van der Waals surface area contributed by atoms with E-state index in [9.17, 15) is 9.18 Å². The van der Waals surface area contributed by atoms with E-state index in [0.29, 0.717) is 12.1 Å². The van der Waals surface area contributed by atoms with Crippen molar-refractivity contribution in [2.75, 3.05) is 18.0 Å². The van der Waals surface area contributed by atoms with Gasteiger partial charge in [-0.1, -0.05) is 42.5 Å². The zero-order valence-electron chi connectivity index (χ0n) is 13.7. The standard InChI is InChI=1S/C21H18FNO2/c22-20-18(6-3-7-19(20)21(24)25)16-10-11-23(13-16)17-9-8-14-4-1-2-5-15(14)12-17/h1-9,12,16H,10-11,13H2,(H,24,25). The first-order valence-corrected chi connectivity index (χ1v) is 8.39. The molecule has 0 amide bonds. The highest BCUT2D eigenvalue weighted by molar-refractivity contribution is 5.88. The lowest BCUT2D eigenvalue weighted by Crippen LogP contribution is -2.19. The van der Waals surface area contributed by atoms with Crippen molar-refractivity contribution in [3.05, 3.63) is 77.6 Å². The topological polar surface area (TPSA) is 40.5 Å². The molecule has 3 aromatic carbocycles. The second kappa shape index (κ2) is 6.20. The Labute approximate surface area is 145 Å². The number of rotatable bonds is 3. The Kier molecular flexibility index (Phi) is 3.88. The van der Waals surface area contributed by atoms with Gasteiger partial charge in [0.15, 0.2) is 0 Å². The molecule has 1 heterocycles. The van der Waals surface area contributed by atoms with Crippen LogP contribution in [-0.4, -0.2) is 24.2 Å². The Morgan fingerprint density at radius 3 is 2.64 bits per heavy atom. The zero-order valence-corrected chi connectivity index (χ0v) is 13.7. The van der Waals surface area contributed by atoms with Crippen molar-refractivity contribution in [1.82, 2.24) is 0 Å². The molecular formula is C21H18FNO2. The highest BCUT2D eigenvalue weighted by atomic mass is 19.1. The first-order chi connectivity index (χ1) is 12.1. The Morgan fingerprint density at radius 2 is 1.84 bits per heavy atom. The van der Waals surface area contributed by atoms with Crippen molar-refractivity contribution in [2.45, 2.75) is 12.3 Å². The summed E-state index contributed by atoms with van der Waals surface area (Å²) in [5, 5.41) is 11.5. The number of fused-ring (bicyclic) bond motifs is 1. The number of anilines is 1. The number of aromatic carboxylic acids is 1. The fourth-order valence-electron chi connectivity index (χ4n) is 3.65. The van der Waals surface area contributed by atoms with Gasteiger partial charge in [-0.05, 0) is 41.0 Å². The van der Waals surface area contributed by atoms with Crippen LogP contribution in [0.2, 0.25) is 0 Å². The Bertz CT molecular complexity index is 954. The van der Waals surface area contributed by atoms with Gasteiger partial charge in [0, 0.05) is 24.7 Å². The molecule has 0 aliphatic carbocycles. The van der Waals surface area contributed by atoms with E-state index in [2.05, 4.69) is 35.2 Å². The minimum atomic E-state index is -1.22. The molecule has 0 aromatic heterocycles. The summed E-state index contributed by atoms with van der Waals surface area (Å²) in [6, 6.07) is 19.2. The lowest BCUT2D eigenvalue weighted by Gasteiger charge is -2.20. The number of halogens is 1. The maximum absolute atomic E-state index is 14.5. The van der Waals surface area contributed by atoms with E-state index >= 15 is 0 Å². The van der Waals surface area contributed by atoms with Gasteiger partial charge in [-0.25, -0.2) is 9.18 Å². The van der Waals surface area contributed by atoms with Gasteiger partial charge in [0.25, 0.3) is 0 Å². The van der Waals surface area contributed by atoms with Crippen molar-refractivity contribution in [2.24, 2.45) is 0 Å². The normalized spacial score (nSPS) is 17.2. The predicted octanol–water partition coefficient (Wildman–Crippen LogP) is 4.67. The zero-order chi connectivity index (χ0) is 17.4. The average molecular weight is 335 g/mol. The summed E-state index contributed by atoms with van der Waals surface area (Å²) in [6.07, 6.45) is 0.812. The molecule has 0 radical (unpaired) electrons. The van der Waals surface area contributed by atoms with Crippen LogP contribution >= 0.6 is 0 Å². The van der Waals surface area contributed by atoms with E-state index in [4.69, 9.17) is 5.11 Å². The smallest absolute Gasteiger partial charge is 0.338 e. The second-order valence-electron chi connectivity index (χ2n) is 6.48. The molecule has 25 heavy (non-hydrogen) atoms. The van der Waals surface area contributed by atoms with Crippen LogP contribution in [0.5, 0.6) is 0 Å². The van der Waals surface area contributed by atoms with Crippen LogP contribution in [0.25, 0.3) is 10.8 Å². The van der Waals surface area contributed by atoms with Gasteiger partial charge < -0.3 is 10.0 Å². The molecule has 1 N–H and O–H groups in total. The SMILES string of the molecule is O=C(O)c1cccc(C2CCN(c3ccc4ccccc4c3)C2)c1F. The lowest BCUT2D eigenvalue weighted by molar-refractivity contribution is 0.0691. The third-order valence-electron chi connectivity index (χ3n) is 4.99. The number of carboxylic acid groups (broad SMARTS) is 1. The number of carboxylic acids is 1. The monoisotopic (exact) mass is 335 g/mol. The molecule has 1 saturated heterocycles. The van der Waals surface area contributed by atoms with E-state index in [-0.39, 0.29) is 11.5 Å². The first-order valence-electron chi connectivity index (χ1n) is 8.39. The Morgan fingerprint density at radius 1 is 1.04 bits per heavy atom. The summed E-state index contributed by atoms with van der Waals surface area (Å²) >= 11 is 0. The van der Waals surface area contributed by atoms with Crippen molar-refractivity contribution in [3.8, 4) is 0 Å². The highest BCUT2D eigenvalue weighted by Crippen LogP contribution is 2.34. The number of hydrogen-bond acceptors (Lipinski definition) is 2. The third kappa shape index (κ3) is 2.84. The van der Waals surface area contributed by atoms with Crippen molar-refractivity contribution in [1.29, 1.82) is 0 Å². The van der Waals surface area contributed by atoms with Crippen molar-refractivity contribution < 1.29 is 14.3 Å². The summed E-state index contributed by atoms with van der Waals surface area (Å²) in [7, 11) is 0. The Balaban J connectivity index is 1.61. The number of hydrogen-bond donors (Lipinski definition) is 1. The van der Waals surface area contributed by atoms with E-state index in [1.165, 1.54) is 16.8 Å². The van der Waals surface area contributed by atoms with Crippen LogP contribution in [0.3, 0.4) is 0 Å². The molecule has 0 spiro atoms. The molecule has 1 fully saturated rings. The summed E-state index contributed by atoms with van der Waals surface area (Å²) in [6.45, 7) is 1.53. The third-order valence-corrected chi connectivity index (χ3v) is 4.99. The van der Waals surface area contributed by atoms with Crippen LogP contribution in [0.4, 0.5) is 10.1 Å². The first kappa shape index (κ1) is 15.6. The lowest BCUT2D eigenvalue weighted by atomic mass is 9.96. The summed E-state index contributed by atoms with van der Waals surface area (Å²) in [4.78, 5) is 13.4. The molecule has 4 heteroatoms. The summed E-state index contributed by atoms with van der Waals surface area (Å²) in [5.41, 5.74) is 1.38. The molecule has 0 saturated carbocycles. The van der Waals surface area contributed by atoms with Crippen LogP contribution in [0.1, 0.15) is 28.3 Å². The number of benzene rings is 3. The van der Waals surface area contributed by atoms with Gasteiger partial charge in [-0.2, -0.15) is 0 Å². The Hall–Kier alpha value is -2.88. The fourth-order valence-corrected chi connectivity index (χ4v) is 3.65.